The molecule has 29 heavy (non-hydrogen) atoms. The van der Waals surface area contributed by atoms with Gasteiger partial charge in [0.15, 0.2) is 5.78 Å². The predicted molar refractivity (Wildman–Crippen MR) is 109 cm³/mol. The number of hydrogen-bond donors (Lipinski definition) is 0. The second kappa shape index (κ2) is 8.76. The summed E-state index contributed by atoms with van der Waals surface area (Å²) in [7, 11) is 0. The first kappa shape index (κ1) is 21.0. The minimum Gasteiger partial charge on any atom is -0.292 e. The molecule has 0 unspecified atom stereocenters. The Hall–Kier alpha value is -2.70. The van der Waals surface area contributed by atoms with Crippen LogP contribution in [0.1, 0.15) is 46.9 Å². The molecule has 6 nitrogen and oxygen atoms in total. The Balaban J connectivity index is 2.06. The molecule has 0 spiro atoms. The minimum absolute atomic E-state index is 0.0370. The molecule has 1 aliphatic heterocycles. The van der Waals surface area contributed by atoms with E-state index in [0.29, 0.717) is 17.0 Å². The number of Topliss-reactive ketones (excluding diaryl/α,β-unsaturated/α-hetero) is 1. The molecule has 3 rings (SSSR count). The Kier molecular flexibility index (Phi) is 6.35. The van der Waals surface area contributed by atoms with Crippen molar-refractivity contribution in [3.63, 3.8) is 0 Å². The number of carbonyl (C=O) groups excluding carboxylic acids is 4. The minimum atomic E-state index is -1.11. The van der Waals surface area contributed by atoms with Crippen molar-refractivity contribution < 1.29 is 19.2 Å². The number of carbonyl (C=O) groups is 4. The van der Waals surface area contributed by atoms with Crippen molar-refractivity contribution in [3.05, 3.63) is 69.7 Å². The van der Waals surface area contributed by atoms with Gasteiger partial charge in [-0.25, -0.2) is 5.01 Å². The lowest BCUT2D eigenvalue weighted by atomic mass is 10.0. The van der Waals surface area contributed by atoms with E-state index in [9.17, 15) is 19.2 Å². The van der Waals surface area contributed by atoms with Crippen LogP contribution in [0.4, 0.5) is 0 Å². The molecule has 0 aromatic heterocycles. The summed E-state index contributed by atoms with van der Waals surface area (Å²) in [4.78, 5) is 51.4. The number of halogens is 2. The first-order valence-corrected chi connectivity index (χ1v) is 9.80. The SMILES string of the molecule is C[C@H](C(=O)c1ccccc1)N(C(=O)c1ccc(Cl)cc1Cl)N1C(=O)CCCC1=O. The zero-order chi connectivity index (χ0) is 21.1. The van der Waals surface area contributed by atoms with Crippen LogP contribution in [-0.2, 0) is 9.59 Å². The highest BCUT2D eigenvalue weighted by molar-refractivity contribution is 6.36. The van der Waals surface area contributed by atoms with Crippen LogP contribution in [-0.4, -0.2) is 39.6 Å². The summed E-state index contributed by atoms with van der Waals surface area (Å²) in [5, 5.41) is 2.08. The van der Waals surface area contributed by atoms with Crippen LogP contribution < -0.4 is 0 Å². The Bertz CT molecular complexity index is 962. The molecule has 0 aliphatic carbocycles. The van der Waals surface area contributed by atoms with Crippen molar-refractivity contribution in [2.75, 3.05) is 0 Å². The van der Waals surface area contributed by atoms with Crippen molar-refractivity contribution >= 4 is 46.7 Å². The van der Waals surface area contributed by atoms with Crippen molar-refractivity contribution in [1.29, 1.82) is 0 Å². The maximum atomic E-state index is 13.3. The molecule has 3 amide bonds. The van der Waals surface area contributed by atoms with Gasteiger partial charge in [0.05, 0.1) is 10.6 Å². The van der Waals surface area contributed by atoms with Gasteiger partial charge in [-0.3, -0.25) is 19.2 Å². The fourth-order valence-corrected chi connectivity index (χ4v) is 3.65. The van der Waals surface area contributed by atoms with E-state index in [-0.39, 0.29) is 23.4 Å². The molecule has 150 valence electrons. The van der Waals surface area contributed by atoms with Crippen LogP contribution in [0.5, 0.6) is 0 Å². The average Bonchev–Trinajstić information content (AvgIpc) is 2.70. The van der Waals surface area contributed by atoms with Gasteiger partial charge in [-0.2, -0.15) is 5.01 Å². The van der Waals surface area contributed by atoms with Gasteiger partial charge < -0.3 is 0 Å². The molecule has 2 aromatic rings. The van der Waals surface area contributed by atoms with Gasteiger partial charge in [0, 0.05) is 23.4 Å². The zero-order valence-corrected chi connectivity index (χ0v) is 17.1. The third-order valence-corrected chi connectivity index (χ3v) is 5.19. The molecule has 0 N–H and O–H groups in total. The van der Waals surface area contributed by atoms with Crippen molar-refractivity contribution in [2.24, 2.45) is 0 Å². The van der Waals surface area contributed by atoms with Gasteiger partial charge in [-0.1, -0.05) is 53.5 Å². The maximum absolute atomic E-state index is 13.3. The fourth-order valence-electron chi connectivity index (χ4n) is 3.16. The lowest BCUT2D eigenvalue weighted by Crippen LogP contribution is -2.59. The molecule has 0 bridgehead atoms. The number of ketones is 1. The molecule has 0 radical (unpaired) electrons. The molecule has 1 fully saturated rings. The third kappa shape index (κ3) is 4.33. The zero-order valence-electron chi connectivity index (χ0n) is 15.6. The van der Waals surface area contributed by atoms with E-state index in [0.717, 1.165) is 10.0 Å². The lowest BCUT2D eigenvalue weighted by molar-refractivity contribution is -0.165. The Morgan fingerprint density at radius 3 is 2.21 bits per heavy atom. The van der Waals surface area contributed by atoms with Gasteiger partial charge in [0.25, 0.3) is 5.91 Å². The van der Waals surface area contributed by atoms with Crippen LogP contribution in [0.3, 0.4) is 0 Å². The predicted octanol–water partition coefficient (Wildman–Crippen LogP) is 4.16. The van der Waals surface area contributed by atoms with Crippen molar-refractivity contribution in [3.8, 4) is 0 Å². The highest BCUT2D eigenvalue weighted by atomic mass is 35.5. The monoisotopic (exact) mass is 432 g/mol. The number of nitrogens with zero attached hydrogens (tertiary/aromatic N) is 2. The quantitative estimate of drug-likeness (QED) is 0.524. The summed E-state index contributed by atoms with van der Waals surface area (Å²) >= 11 is 12.1. The van der Waals surface area contributed by atoms with Gasteiger partial charge in [-0.05, 0) is 31.5 Å². The first-order chi connectivity index (χ1) is 13.8. The molecule has 8 heteroatoms. The second-order valence-electron chi connectivity index (χ2n) is 6.63. The van der Waals surface area contributed by atoms with Crippen LogP contribution in [0, 0.1) is 0 Å². The summed E-state index contributed by atoms with van der Waals surface area (Å²) in [5.41, 5.74) is 0.395. The lowest BCUT2D eigenvalue weighted by Gasteiger charge is -2.38. The van der Waals surface area contributed by atoms with E-state index in [1.165, 1.54) is 25.1 Å². The van der Waals surface area contributed by atoms with E-state index >= 15 is 0 Å². The summed E-state index contributed by atoms with van der Waals surface area (Å²) in [5.74, 6) is -2.21. The van der Waals surface area contributed by atoms with E-state index in [1.54, 1.807) is 30.3 Å². The second-order valence-corrected chi connectivity index (χ2v) is 7.48. The highest BCUT2D eigenvalue weighted by Gasteiger charge is 2.40. The summed E-state index contributed by atoms with van der Waals surface area (Å²) < 4.78 is 0. The van der Waals surface area contributed by atoms with Gasteiger partial charge in [0.1, 0.15) is 6.04 Å². The Labute approximate surface area is 178 Å². The Morgan fingerprint density at radius 2 is 1.62 bits per heavy atom. The van der Waals surface area contributed by atoms with Crippen molar-refractivity contribution in [1.82, 2.24) is 10.0 Å². The summed E-state index contributed by atoms with van der Waals surface area (Å²) in [6, 6.07) is 11.5. The van der Waals surface area contributed by atoms with E-state index in [1.807, 2.05) is 0 Å². The van der Waals surface area contributed by atoms with Gasteiger partial charge in [-0.15, -0.1) is 0 Å². The smallest absolute Gasteiger partial charge is 0.275 e. The number of hydrogen-bond acceptors (Lipinski definition) is 4. The molecule has 0 saturated carbocycles. The van der Waals surface area contributed by atoms with Crippen LogP contribution in [0.25, 0.3) is 0 Å². The third-order valence-electron chi connectivity index (χ3n) is 4.64. The van der Waals surface area contributed by atoms with Gasteiger partial charge >= 0.3 is 0 Å². The number of imide groups is 1. The topological polar surface area (TPSA) is 74.8 Å². The number of hydrazine groups is 1. The average molecular weight is 433 g/mol. The molecule has 1 heterocycles. The van der Waals surface area contributed by atoms with E-state index in [2.05, 4.69) is 0 Å². The van der Waals surface area contributed by atoms with Crippen LogP contribution in [0.15, 0.2) is 48.5 Å². The highest BCUT2D eigenvalue weighted by Crippen LogP contribution is 2.26. The number of rotatable bonds is 5. The van der Waals surface area contributed by atoms with Crippen LogP contribution >= 0.6 is 23.2 Å². The van der Waals surface area contributed by atoms with Gasteiger partial charge in [0.2, 0.25) is 11.8 Å². The Morgan fingerprint density at radius 1 is 1.00 bits per heavy atom. The van der Waals surface area contributed by atoms with E-state index in [4.69, 9.17) is 23.2 Å². The van der Waals surface area contributed by atoms with Crippen molar-refractivity contribution in [2.45, 2.75) is 32.2 Å². The molecular formula is C21H18Cl2N2O4. The maximum Gasteiger partial charge on any atom is 0.275 e. The molecular weight excluding hydrogens is 415 g/mol. The molecule has 1 saturated heterocycles. The fraction of sp³-hybridized carbons (Fsp3) is 0.238. The standard InChI is InChI=1S/C21H18Cl2N2O4/c1-13(20(28)14-6-3-2-4-7-14)24(25-18(26)8-5-9-19(25)27)21(29)16-11-10-15(22)12-17(16)23/h2-4,6-7,10-13H,5,8-9H2,1H3/t13-/m1/s1. The normalized spacial score (nSPS) is 15.2. The van der Waals surface area contributed by atoms with E-state index < -0.39 is 29.5 Å². The molecule has 2 aromatic carbocycles. The molecule has 1 aliphatic rings. The molecule has 1 atom stereocenters. The number of piperidine rings is 1. The number of benzene rings is 2. The first-order valence-electron chi connectivity index (χ1n) is 9.05. The summed E-state index contributed by atoms with van der Waals surface area (Å²) in [6.45, 7) is 1.48. The summed E-state index contributed by atoms with van der Waals surface area (Å²) in [6.07, 6.45) is 0.616. The number of amides is 3. The largest absolute Gasteiger partial charge is 0.292 e. The van der Waals surface area contributed by atoms with Crippen LogP contribution in [0.2, 0.25) is 10.0 Å².